The van der Waals surface area contributed by atoms with Crippen molar-refractivity contribution in [1.29, 1.82) is 0 Å². The summed E-state index contributed by atoms with van der Waals surface area (Å²) in [6.07, 6.45) is 0. The molecule has 0 atom stereocenters. The summed E-state index contributed by atoms with van der Waals surface area (Å²) in [5, 5.41) is 5.96. The van der Waals surface area contributed by atoms with Gasteiger partial charge in [0.05, 0.1) is 13.1 Å². The van der Waals surface area contributed by atoms with Gasteiger partial charge in [-0.05, 0) is 37.0 Å². The van der Waals surface area contributed by atoms with E-state index >= 15 is 0 Å². The molecule has 1 aliphatic rings. The van der Waals surface area contributed by atoms with Crippen molar-refractivity contribution in [3.8, 4) is 0 Å². The van der Waals surface area contributed by atoms with Crippen molar-refractivity contribution < 1.29 is 9.59 Å². The Kier molecular flexibility index (Phi) is 7.60. The average molecular weight is 361 g/mol. The van der Waals surface area contributed by atoms with Crippen LogP contribution in [0.15, 0.2) is 18.2 Å². The second kappa shape index (κ2) is 9.69. The van der Waals surface area contributed by atoms with Gasteiger partial charge in [0.15, 0.2) is 0 Å². The molecule has 1 aliphatic heterocycles. The number of nitrogens with zero attached hydrogens (tertiary/aromatic N) is 2. The zero-order valence-electron chi connectivity index (χ0n) is 16.5. The Morgan fingerprint density at radius 3 is 2.15 bits per heavy atom. The van der Waals surface area contributed by atoms with Crippen molar-refractivity contribution >= 4 is 17.5 Å². The molecule has 6 nitrogen and oxygen atoms in total. The van der Waals surface area contributed by atoms with Gasteiger partial charge in [0.2, 0.25) is 11.8 Å². The van der Waals surface area contributed by atoms with E-state index < -0.39 is 0 Å². The van der Waals surface area contributed by atoms with E-state index in [1.807, 2.05) is 32.0 Å². The molecule has 0 aliphatic carbocycles. The van der Waals surface area contributed by atoms with E-state index in [4.69, 9.17) is 0 Å². The van der Waals surface area contributed by atoms with Crippen LogP contribution in [-0.2, 0) is 9.59 Å². The van der Waals surface area contributed by atoms with E-state index in [1.54, 1.807) is 0 Å². The number of hydrogen-bond donors (Lipinski definition) is 2. The molecule has 0 bridgehead atoms. The average Bonchev–Trinajstić information content (AvgIpc) is 2.59. The third-order valence-electron chi connectivity index (χ3n) is 4.79. The number of carbonyl (C=O) groups is 2. The highest BCUT2D eigenvalue weighted by atomic mass is 16.2. The largest absolute Gasteiger partial charge is 0.355 e. The summed E-state index contributed by atoms with van der Waals surface area (Å²) >= 11 is 0. The van der Waals surface area contributed by atoms with Gasteiger partial charge < -0.3 is 10.6 Å². The van der Waals surface area contributed by atoms with E-state index in [0.717, 1.165) is 44.0 Å². The first-order valence-electron chi connectivity index (χ1n) is 9.42. The lowest BCUT2D eigenvalue weighted by molar-refractivity contribution is -0.123. The summed E-state index contributed by atoms with van der Waals surface area (Å²) in [5.41, 5.74) is 3.17. The first-order chi connectivity index (χ1) is 12.3. The smallest absolute Gasteiger partial charge is 0.238 e. The van der Waals surface area contributed by atoms with Crippen molar-refractivity contribution in [2.24, 2.45) is 5.92 Å². The normalized spacial score (nSPS) is 15.9. The molecular formula is C20H32N4O2. The lowest BCUT2D eigenvalue weighted by atomic mass is 10.1. The van der Waals surface area contributed by atoms with Gasteiger partial charge in [0.25, 0.3) is 0 Å². The number of amides is 2. The second-order valence-corrected chi connectivity index (χ2v) is 7.55. The predicted molar refractivity (Wildman–Crippen MR) is 105 cm³/mol. The predicted octanol–water partition coefficient (Wildman–Crippen LogP) is 1.63. The zero-order chi connectivity index (χ0) is 19.1. The van der Waals surface area contributed by atoms with Crippen LogP contribution in [0.1, 0.15) is 25.0 Å². The molecule has 144 valence electrons. The Balaban J connectivity index is 1.72. The Labute approximate surface area is 156 Å². The minimum Gasteiger partial charge on any atom is -0.355 e. The number of benzene rings is 1. The van der Waals surface area contributed by atoms with Crippen LogP contribution in [0.25, 0.3) is 0 Å². The molecule has 1 fully saturated rings. The lowest BCUT2D eigenvalue weighted by Crippen LogP contribution is -2.51. The van der Waals surface area contributed by atoms with Crippen molar-refractivity contribution in [3.05, 3.63) is 29.3 Å². The molecule has 2 rings (SSSR count). The Morgan fingerprint density at radius 2 is 1.58 bits per heavy atom. The minimum absolute atomic E-state index is 0.0156. The maximum atomic E-state index is 12.3. The van der Waals surface area contributed by atoms with E-state index in [9.17, 15) is 9.59 Å². The maximum absolute atomic E-state index is 12.3. The molecule has 26 heavy (non-hydrogen) atoms. The molecule has 0 spiro atoms. The molecule has 1 aromatic carbocycles. The molecule has 0 saturated carbocycles. The Morgan fingerprint density at radius 1 is 1.00 bits per heavy atom. The van der Waals surface area contributed by atoms with Gasteiger partial charge in [0, 0.05) is 38.4 Å². The van der Waals surface area contributed by atoms with Crippen molar-refractivity contribution in [1.82, 2.24) is 15.1 Å². The highest BCUT2D eigenvalue weighted by molar-refractivity contribution is 5.93. The summed E-state index contributed by atoms with van der Waals surface area (Å²) in [4.78, 5) is 28.5. The second-order valence-electron chi connectivity index (χ2n) is 7.55. The fourth-order valence-corrected chi connectivity index (χ4v) is 2.96. The summed E-state index contributed by atoms with van der Waals surface area (Å²) in [6, 6.07) is 5.94. The maximum Gasteiger partial charge on any atom is 0.238 e. The van der Waals surface area contributed by atoms with Crippen LogP contribution >= 0.6 is 0 Å². The lowest BCUT2D eigenvalue weighted by Gasteiger charge is -2.33. The Hall–Kier alpha value is -1.92. The number of aryl methyl sites for hydroxylation is 1. The monoisotopic (exact) mass is 360 g/mol. The SMILES string of the molecule is Cc1cccc(NC(=O)CN2CCN(CC(=O)NCC(C)C)CC2)c1C. The van der Waals surface area contributed by atoms with Crippen LogP contribution in [0.3, 0.4) is 0 Å². The summed E-state index contributed by atoms with van der Waals surface area (Å²) < 4.78 is 0. The van der Waals surface area contributed by atoms with E-state index in [-0.39, 0.29) is 11.8 Å². The molecular weight excluding hydrogens is 328 g/mol. The number of piperazine rings is 1. The van der Waals surface area contributed by atoms with E-state index in [2.05, 4.69) is 34.3 Å². The molecule has 1 saturated heterocycles. The zero-order valence-corrected chi connectivity index (χ0v) is 16.5. The molecule has 6 heteroatoms. The summed E-state index contributed by atoms with van der Waals surface area (Å²) in [7, 11) is 0. The van der Waals surface area contributed by atoms with Gasteiger partial charge in [-0.3, -0.25) is 19.4 Å². The Bertz CT molecular complexity index is 622. The van der Waals surface area contributed by atoms with Gasteiger partial charge in [-0.2, -0.15) is 0 Å². The number of rotatable bonds is 7. The quantitative estimate of drug-likeness (QED) is 0.776. The van der Waals surface area contributed by atoms with Crippen molar-refractivity contribution in [2.75, 3.05) is 51.1 Å². The first-order valence-corrected chi connectivity index (χ1v) is 9.42. The number of nitrogens with one attached hydrogen (secondary N) is 2. The highest BCUT2D eigenvalue weighted by Crippen LogP contribution is 2.17. The molecule has 2 amide bonds. The van der Waals surface area contributed by atoms with Gasteiger partial charge >= 0.3 is 0 Å². The van der Waals surface area contributed by atoms with Crippen LogP contribution < -0.4 is 10.6 Å². The van der Waals surface area contributed by atoms with Gasteiger partial charge in [0.1, 0.15) is 0 Å². The van der Waals surface area contributed by atoms with Crippen molar-refractivity contribution in [2.45, 2.75) is 27.7 Å². The minimum atomic E-state index is 0.0156. The summed E-state index contributed by atoms with van der Waals surface area (Å²) in [6.45, 7) is 13.0. The van der Waals surface area contributed by atoms with Crippen LogP contribution in [0, 0.1) is 19.8 Å². The fourth-order valence-electron chi connectivity index (χ4n) is 2.96. The van der Waals surface area contributed by atoms with Gasteiger partial charge in [-0.15, -0.1) is 0 Å². The van der Waals surface area contributed by atoms with Crippen LogP contribution in [0.5, 0.6) is 0 Å². The van der Waals surface area contributed by atoms with E-state index in [1.165, 1.54) is 5.56 Å². The van der Waals surface area contributed by atoms with Crippen molar-refractivity contribution in [3.63, 3.8) is 0 Å². The van der Waals surface area contributed by atoms with E-state index in [0.29, 0.717) is 19.0 Å². The molecule has 0 radical (unpaired) electrons. The molecule has 0 aromatic heterocycles. The highest BCUT2D eigenvalue weighted by Gasteiger charge is 2.20. The topological polar surface area (TPSA) is 64.7 Å². The number of carbonyl (C=O) groups excluding carboxylic acids is 2. The molecule has 2 N–H and O–H groups in total. The molecule has 1 heterocycles. The summed E-state index contributed by atoms with van der Waals surface area (Å²) in [5.74, 6) is 0.563. The number of hydrogen-bond acceptors (Lipinski definition) is 4. The van der Waals surface area contributed by atoms with Crippen LogP contribution in [0.4, 0.5) is 5.69 Å². The third kappa shape index (κ3) is 6.42. The van der Waals surface area contributed by atoms with Gasteiger partial charge in [-0.25, -0.2) is 0 Å². The third-order valence-corrected chi connectivity index (χ3v) is 4.79. The van der Waals surface area contributed by atoms with Crippen LogP contribution in [-0.4, -0.2) is 67.4 Å². The number of anilines is 1. The van der Waals surface area contributed by atoms with Crippen LogP contribution in [0.2, 0.25) is 0 Å². The molecule has 1 aromatic rings. The molecule has 0 unspecified atom stereocenters. The first kappa shape index (κ1) is 20.4. The van der Waals surface area contributed by atoms with Gasteiger partial charge in [-0.1, -0.05) is 26.0 Å². The fraction of sp³-hybridized carbons (Fsp3) is 0.600. The standard InChI is InChI=1S/C20H32N4O2/c1-15(2)12-21-19(25)13-23-8-10-24(11-9-23)14-20(26)22-18-7-5-6-16(3)17(18)4/h5-7,15H,8-14H2,1-4H3,(H,21,25)(H,22,26).